The van der Waals surface area contributed by atoms with Crippen molar-refractivity contribution in [3.8, 4) is 0 Å². The number of pyridine rings is 1. The van der Waals surface area contributed by atoms with Gasteiger partial charge in [0.1, 0.15) is 0 Å². The van der Waals surface area contributed by atoms with Gasteiger partial charge in [-0.15, -0.1) is 0 Å². The Morgan fingerprint density at radius 1 is 1.56 bits per heavy atom. The Morgan fingerprint density at radius 3 is 3.00 bits per heavy atom. The van der Waals surface area contributed by atoms with Crippen LogP contribution in [0.25, 0.3) is 5.57 Å². The van der Waals surface area contributed by atoms with E-state index in [0.717, 1.165) is 12.8 Å². The fraction of sp³-hybridized carbons (Fsp3) is 0.500. The summed E-state index contributed by atoms with van der Waals surface area (Å²) in [6.45, 7) is 4.31. The molecule has 0 fully saturated rings. The van der Waals surface area contributed by atoms with Gasteiger partial charge in [0.05, 0.1) is 0 Å². The molecule has 1 rings (SSSR count). The molecule has 1 aromatic heterocycles. The summed E-state index contributed by atoms with van der Waals surface area (Å²) in [5, 5.41) is 0. The second-order valence-electron chi connectivity index (χ2n) is 4.27. The highest BCUT2D eigenvalue weighted by Gasteiger charge is 2.00. The molecule has 1 aromatic rings. The second-order valence-corrected chi connectivity index (χ2v) is 4.27. The van der Waals surface area contributed by atoms with Crippen LogP contribution in [0.3, 0.4) is 0 Å². The first kappa shape index (κ1) is 12.9. The molecule has 0 radical (unpaired) electrons. The lowest BCUT2D eigenvalue weighted by Crippen LogP contribution is -2.18. The largest absolute Gasteiger partial charge is 0.327 e. The zero-order valence-electron chi connectivity index (χ0n) is 10.3. The maximum Gasteiger partial charge on any atom is 0.0342 e. The first-order valence-corrected chi connectivity index (χ1v) is 6.06. The molecule has 0 aliphatic carbocycles. The molecule has 2 N–H and O–H groups in total. The summed E-state index contributed by atoms with van der Waals surface area (Å²) in [6, 6.07) is 4.34. The maximum absolute atomic E-state index is 6.03. The van der Waals surface area contributed by atoms with Crippen LogP contribution < -0.4 is 5.73 Å². The minimum absolute atomic E-state index is 0.298. The van der Waals surface area contributed by atoms with E-state index in [9.17, 15) is 0 Å². The molecule has 0 saturated heterocycles. The number of rotatable bonds is 6. The standard InChI is InChI=1S/C14H22N2/c1-3-4-7-14(15)9-8-12(2)13-6-5-10-16-11-13/h5-6,8,10-11,14H,3-4,7,9,15H2,1-2H3. The van der Waals surface area contributed by atoms with Crippen molar-refractivity contribution in [2.24, 2.45) is 5.73 Å². The molecule has 0 aliphatic rings. The van der Waals surface area contributed by atoms with Gasteiger partial charge in [0, 0.05) is 18.4 Å². The van der Waals surface area contributed by atoms with Gasteiger partial charge in [0.15, 0.2) is 0 Å². The highest BCUT2D eigenvalue weighted by Crippen LogP contribution is 2.13. The summed E-state index contributed by atoms with van der Waals surface area (Å²) in [7, 11) is 0. The fourth-order valence-corrected chi connectivity index (χ4v) is 1.63. The highest BCUT2D eigenvalue weighted by atomic mass is 14.6. The van der Waals surface area contributed by atoms with E-state index < -0.39 is 0 Å². The van der Waals surface area contributed by atoms with Crippen LogP contribution >= 0.6 is 0 Å². The van der Waals surface area contributed by atoms with Crippen LogP contribution in [0.15, 0.2) is 30.6 Å². The lowest BCUT2D eigenvalue weighted by molar-refractivity contribution is 0.582. The summed E-state index contributed by atoms with van der Waals surface area (Å²) < 4.78 is 0. The van der Waals surface area contributed by atoms with Crippen molar-refractivity contribution < 1.29 is 0 Å². The Morgan fingerprint density at radius 2 is 2.38 bits per heavy atom. The number of hydrogen-bond acceptors (Lipinski definition) is 2. The maximum atomic E-state index is 6.03. The van der Waals surface area contributed by atoms with Crippen molar-refractivity contribution in [1.29, 1.82) is 0 Å². The van der Waals surface area contributed by atoms with Gasteiger partial charge in [-0.1, -0.05) is 31.9 Å². The number of unbranched alkanes of at least 4 members (excludes halogenated alkanes) is 1. The summed E-state index contributed by atoms with van der Waals surface area (Å²) in [4.78, 5) is 4.11. The van der Waals surface area contributed by atoms with Gasteiger partial charge in [-0.05, 0) is 37.0 Å². The minimum atomic E-state index is 0.298. The molecule has 0 bridgehead atoms. The zero-order valence-corrected chi connectivity index (χ0v) is 10.3. The van der Waals surface area contributed by atoms with Crippen LogP contribution in [0.1, 0.15) is 45.1 Å². The van der Waals surface area contributed by atoms with E-state index >= 15 is 0 Å². The first-order chi connectivity index (χ1) is 7.74. The van der Waals surface area contributed by atoms with Crippen molar-refractivity contribution in [3.63, 3.8) is 0 Å². The van der Waals surface area contributed by atoms with Gasteiger partial charge in [-0.3, -0.25) is 4.98 Å². The molecular formula is C14H22N2. The van der Waals surface area contributed by atoms with Crippen LogP contribution in [-0.4, -0.2) is 11.0 Å². The van der Waals surface area contributed by atoms with Gasteiger partial charge in [0.2, 0.25) is 0 Å². The molecular weight excluding hydrogens is 196 g/mol. The molecule has 2 heteroatoms. The first-order valence-electron chi connectivity index (χ1n) is 6.06. The van der Waals surface area contributed by atoms with E-state index in [0.29, 0.717) is 6.04 Å². The molecule has 1 atom stereocenters. The fourth-order valence-electron chi connectivity index (χ4n) is 1.63. The number of aromatic nitrogens is 1. The lowest BCUT2D eigenvalue weighted by Gasteiger charge is -2.08. The topological polar surface area (TPSA) is 38.9 Å². The molecule has 0 saturated carbocycles. The van der Waals surface area contributed by atoms with Crippen molar-refractivity contribution in [3.05, 3.63) is 36.2 Å². The van der Waals surface area contributed by atoms with Crippen LogP contribution in [0.2, 0.25) is 0 Å². The summed E-state index contributed by atoms with van der Waals surface area (Å²) in [5.74, 6) is 0. The predicted octanol–water partition coefficient (Wildman–Crippen LogP) is 3.39. The molecule has 1 unspecified atom stereocenters. The smallest absolute Gasteiger partial charge is 0.0342 e. The SMILES string of the molecule is CCCCC(N)CC=C(C)c1cccnc1. The predicted molar refractivity (Wildman–Crippen MR) is 70.0 cm³/mol. The molecule has 2 nitrogen and oxygen atoms in total. The van der Waals surface area contributed by atoms with Crippen LogP contribution in [0, 0.1) is 0 Å². The number of hydrogen-bond donors (Lipinski definition) is 1. The monoisotopic (exact) mass is 218 g/mol. The normalized spacial score (nSPS) is 13.8. The van der Waals surface area contributed by atoms with Gasteiger partial charge in [-0.25, -0.2) is 0 Å². The molecule has 0 aromatic carbocycles. The lowest BCUT2D eigenvalue weighted by atomic mass is 10.0. The van der Waals surface area contributed by atoms with Crippen molar-refractivity contribution in [1.82, 2.24) is 4.98 Å². The van der Waals surface area contributed by atoms with E-state index in [2.05, 4.69) is 31.0 Å². The van der Waals surface area contributed by atoms with Crippen LogP contribution in [-0.2, 0) is 0 Å². The number of nitrogens with two attached hydrogens (primary N) is 1. The molecule has 1 heterocycles. The molecule has 16 heavy (non-hydrogen) atoms. The number of nitrogens with zero attached hydrogens (tertiary/aromatic N) is 1. The van der Waals surface area contributed by atoms with E-state index in [1.54, 1.807) is 6.20 Å². The van der Waals surface area contributed by atoms with Crippen LogP contribution in [0.5, 0.6) is 0 Å². The van der Waals surface area contributed by atoms with E-state index in [-0.39, 0.29) is 0 Å². The Kier molecular flexibility index (Phi) is 5.79. The van der Waals surface area contributed by atoms with E-state index in [1.165, 1.54) is 24.0 Å². The molecule has 0 amide bonds. The number of allylic oxidation sites excluding steroid dienone is 1. The third kappa shape index (κ3) is 4.58. The van der Waals surface area contributed by atoms with Crippen molar-refractivity contribution in [2.75, 3.05) is 0 Å². The summed E-state index contributed by atoms with van der Waals surface area (Å²) in [6.07, 6.45) is 10.4. The van der Waals surface area contributed by atoms with Gasteiger partial charge in [-0.2, -0.15) is 0 Å². The van der Waals surface area contributed by atoms with Gasteiger partial charge < -0.3 is 5.73 Å². The average molecular weight is 218 g/mol. The van der Waals surface area contributed by atoms with Crippen LogP contribution in [0.4, 0.5) is 0 Å². The average Bonchev–Trinajstić information content (AvgIpc) is 2.34. The molecule has 0 aliphatic heterocycles. The Bertz CT molecular complexity index is 317. The van der Waals surface area contributed by atoms with E-state index in [4.69, 9.17) is 5.73 Å². The second kappa shape index (κ2) is 7.18. The molecule has 88 valence electrons. The summed E-state index contributed by atoms with van der Waals surface area (Å²) in [5.41, 5.74) is 8.48. The Hall–Kier alpha value is -1.15. The third-order valence-corrected chi connectivity index (χ3v) is 2.77. The van der Waals surface area contributed by atoms with Gasteiger partial charge in [0.25, 0.3) is 0 Å². The quantitative estimate of drug-likeness (QED) is 0.795. The highest BCUT2D eigenvalue weighted by molar-refractivity contribution is 5.62. The zero-order chi connectivity index (χ0) is 11.8. The van der Waals surface area contributed by atoms with Gasteiger partial charge >= 0.3 is 0 Å². The Labute approximate surface area is 98.6 Å². The minimum Gasteiger partial charge on any atom is -0.327 e. The summed E-state index contributed by atoms with van der Waals surface area (Å²) >= 11 is 0. The van der Waals surface area contributed by atoms with Crippen molar-refractivity contribution >= 4 is 5.57 Å². The third-order valence-electron chi connectivity index (χ3n) is 2.77. The molecule has 0 spiro atoms. The Balaban J connectivity index is 2.45. The van der Waals surface area contributed by atoms with E-state index in [1.807, 2.05) is 12.3 Å². The van der Waals surface area contributed by atoms with Crippen molar-refractivity contribution in [2.45, 2.75) is 45.6 Å².